The van der Waals surface area contributed by atoms with E-state index in [9.17, 15) is 105 Å². The molecule has 549 valence electrons. The number of para-hydroxylation sites is 1. The van der Waals surface area contributed by atoms with Gasteiger partial charge in [-0.2, -0.15) is 127 Å². The first kappa shape index (κ1) is 79.6. The largest absolute Gasteiger partial charge is 0.478 e. The molecule has 100 heavy (non-hydrogen) atoms. The summed E-state index contributed by atoms with van der Waals surface area (Å²) in [5.74, 6) is 5.03. The molecule has 4 nitrogen and oxygen atoms in total. The summed E-state index contributed by atoms with van der Waals surface area (Å²) in [5.41, 5.74) is -25.6. The zero-order valence-electron chi connectivity index (χ0n) is 53.7. The Labute approximate surface area is 575 Å². The van der Waals surface area contributed by atoms with Crippen LogP contribution in [-0.2, 0) is 74.3 Å². The molecule has 5 saturated carbocycles. The van der Waals surface area contributed by atoms with Crippen LogP contribution in [0.25, 0.3) is 0 Å². The van der Waals surface area contributed by atoms with E-state index in [1.165, 1.54) is 81.0 Å². The summed E-state index contributed by atoms with van der Waals surface area (Å²) in [6.07, 6.45) is -26.7. The maximum atomic E-state index is 14.2. The van der Waals surface area contributed by atoms with Crippen LogP contribution in [-0.4, -0.2) is 42.8 Å². The summed E-state index contributed by atoms with van der Waals surface area (Å²) >= 11 is 0. The molecule has 0 spiro atoms. The second kappa shape index (κ2) is 29.6. The van der Waals surface area contributed by atoms with Gasteiger partial charge < -0.3 is 14.5 Å². The monoisotopic (exact) mass is 1630 g/mol. The van der Waals surface area contributed by atoms with Gasteiger partial charge >= 0.3 is 49.4 Å². The molecule has 5 radical (unpaired) electrons. The predicted molar refractivity (Wildman–Crippen MR) is 326 cm³/mol. The van der Waals surface area contributed by atoms with Crippen LogP contribution in [0, 0.1) is 48.9 Å². The molecule has 0 saturated heterocycles. The van der Waals surface area contributed by atoms with Crippen molar-refractivity contribution in [2.75, 3.05) is 24.7 Å². The molecule has 4 bridgehead atoms. The van der Waals surface area contributed by atoms with Crippen molar-refractivity contribution in [1.82, 2.24) is 4.90 Å². The second-order valence-corrected chi connectivity index (χ2v) is 27.0. The van der Waals surface area contributed by atoms with Crippen molar-refractivity contribution < 1.29 is 130 Å². The number of hydrogen-bond donors (Lipinski definition) is 0. The van der Waals surface area contributed by atoms with Crippen molar-refractivity contribution in [1.29, 1.82) is 0 Å². The number of alkyl halides is 24. The van der Waals surface area contributed by atoms with Crippen LogP contribution in [0.15, 0.2) is 108 Å². The third-order valence-electron chi connectivity index (χ3n) is 19.1. The molecule has 30 heteroatoms. The molecule has 2 aliphatic heterocycles. The molecule has 0 amide bonds. The number of benzene rings is 5. The maximum absolute atomic E-state index is 14.2. The second-order valence-electron chi connectivity index (χ2n) is 27.0. The van der Waals surface area contributed by atoms with Crippen molar-refractivity contribution in [2.45, 2.75) is 166 Å². The van der Waals surface area contributed by atoms with Crippen LogP contribution in [0.5, 0.6) is 0 Å². The van der Waals surface area contributed by atoms with Gasteiger partial charge in [-0.1, -0.05) is 94.4 Å². The smallest absolute Gasteiger partial charge is 0.416 e. The zero-order valence-corrected chi connectivity index (χ0v) is 56.1. The molecule has 2 heterocycles. The van der Waals surface area contributed by atoms with Gasteiger partial charge in [0.15, 0.2) is 5.90 Å². The molecule has 5 aromatic carbocycles. The average Bonchev–Trinajstić information content (AvgIpc) is 0.811. The van der Waals surface area contributed by atoms with E-state index in [1.807, 2.05) is 0 Å². The van der Waals surface area contributed by atoms with E-state index in [4.69, 9.17) is 9.73 Å². The normalized spacial score (nSPS) is 21.6. The van der Waals surface area contributed by atoms with E-state index >= 15 is 0 Å². The molecule has 5 fully saturated rings. The molecule has 5 aromatic rings. The molecule has 0 aromatic heterocycles. The van der Waals surface area contributed by atoms with Gasteiger partial charge in [-0.05, 0) is 161 Å². The van der Waals surface area contributed by atoms with Gasteiger partial charge in [0.05, 0.1) is 57.2 Å². The zero-order chi connectivity index (χ0) is 73.0. The summed E-state index contributed by atoms with van der Waals surface area (Å²) in [4.78, 5) is 10.1. The van der Waals surface area contributed by atoms with Crippen LogP contribution >= 0.6 is 0 Å². The van der Waals surface area contributed by atoms with E-state index < -0.39 is 195 Å². The van der Waals surface area contributed by atoms with Gasteiger partial charge in [0, 0.05) is 50.2 Å². The minimum atomic E-state index is -6.13. The predicted octanol–water partition coefficient (Wildman–Crippen LogP) is 20.5. The van der Waals surface area contributed by atoms with Crippen LogP contribution in [0.4, 0.5) is 111 Å². The first-order valence-corrected chi connectivity index (χ1v) is 31.8. The number of rotatable bonds is 11. The Bertz CT molecular complexity index is 3200. The Kier molecular flexibility index (Phi) is 23.6. The first-order chi connectivity index (χ1) is 45.7. The number of halogens is 24. The fourth-order valence-electron chi connectivity index (χ4n) is 15.1. The van der Waals surface area contributed by atoms with Crippen LogP contribution in [0.2, 0.25) is 0 Å². The minimum absolute atomic E-state index is 0. The molecular weight excluding hydrogens is 1560 g/mol. The summed E-state index contributed by atoms with van der Waals surface area (Å²) in [7, 11) is 0. The molecule has 7 aliphatic rings. The third-order valence-corrected chi connectivity index (χ3v) is 19.1. The van der Waals surface area contributed by atoms with Gasteiger partial charge in [-0.25, -0.2) is 4.99 Å². The van der Waals surface area contributed by atoms with E-state index in [0.29, 0.717) is 23.3 Å². The molecule has 5 aliphatic carbocycles. The Morgan fingerprint density at radius 3 is 1.00 bits per heavy atom. The van der Waals surface area contributed by atoms with E-state index in [2.05, 4.69) is 93.8 Å². The topological polar surface area (TPSA) is 28.1 Å². The molecule has 12 rings (SSSR count). The van der Waals surface area contributed by atoms with Crippen molar-refractivity contribution >= 4 is 39.6 Å². The van der Waals surface area contributed by atoms with E-state index in [0.717, 1.165) is 49.9 Å². The van der Waals surface area contributed by atoms with Crippen molar-refractivity contribution in [3.05, 3.63) is 185 Å². The van der Waals surface area contributed by atoms with Crippen LogP contribution < -0.4 is 26.8 Å². The fraction of sp³-hybridized carbons (Fsp3) is 0.471. The average molecular weight is 1630 g/mol. The van der Waals surface area contributed by atoms with E-state index in [-0.39, 0.29) is 20.1 Å². The summed E-state index contributed by atoms with van der Waals surface area (Å²) in [6, 6.07) is -1.64. The Morgan fingerprint density at radius 2 is 0.730 bits per heavy atom. The molecular formula is C70H67BF24IrN3O-. The quantitative estimate of drug-likeness (QED) is 0.0975. The summed E-state index contributed by atoms with van der Waals surface area (Å²) in [5, 5.41) is 0. The molecule has 0 N–H and O–H groups in total. The van der Waals surface area contributed by atoms with Crippen molar-refractivity contribution in [3.63, 3.8) is 0 Å². The Hall–Kier alpha value is -6.06. The standard InChI is InChI=1S/C32H12BF24.C30H43N3O.C8H12.Ir/c34-25(35,36)13-1-14(26(37,38)39)6-21(5-13)33(22-7-15(27(40,41)42)2-16(8-22)28(43,44)45,23-9-17(29(46,47)48)3-18(10-23)30(49,50)51)24-11-19(31(52,53)54)4-20(12-24)32(55,56)57;1-20(2)26-6-5-7-27(21(3)4)28(26)33-11-10-32(19-33)9-8-25-18-34-29(31-25)30-15-22-12-23(16-30)14-24(13-22)17-30;1-2-4-6-8-7-5-3-1;/h1-12H;5-7,10-11,20-25H,8-9,12-19H2,1-4H3;1-2,7-8H,3-6H2;/q-1;;;/t;22?,23?,24?,25-,30?;;/m.0../s1. The number of ether oxygens (including phenoxy) is 1. The van der Waals surface area contributed by atoms with Gasteiger partial charge in [0.25, 0.3) is 0 Å². The number of aliphatic imine (C=N–C) groups is 1. The molecule has 0 unspecified atom stereocenters. The summed E-state index contributed by atoms with van der Waals surface area (Å²) in [6.45, 7) is 12.0. The van der Waals surface area contributed by atoms with Crippen molar-refractivity contribution in [3.8, 4) is 0 Å². The molecule has 1 atom stereocenters. The van der Waals surface area contributed by atoms with E-state index in [1.54, 1.807) is 0 Å². The van der Waals surface area contributed by atoms with Gasteiger partial charge in [0.2, 0.25) is 0 Å². The van der Waals surface area contributed by atoms with Crippen LogP contribution in [0.3, 0.4) is 0 Å². The Balaban J connectivity index is 0.000000246. The third kappa shape index (κ3) is 18.3. The first-order valence-electron chi connectivity index (χ1n) is 31.8. The van der Waals surface area contributed by atoms with Gasteiger partial charge in [-0.3, -0.25) is 0 Å². The summed E-state index contributed by atoms with van der Waals surface area (Å²) < 4.78 is 347. The SMILES string of the molecule is CC(C)c1cccc(C(C)C)c1N1C=CN(CC[C@H]2COC(C34CC5CC(CC(C5)C3)C4)=N2)C1.FC(F)(F)c1cc([B-](c2cc(C(F)(F)F)cc(C(F)(F)F)c2)(c2cc(C(F)(F)F)cc(C(F)(F)F)c2)c2cc(C(F)(F)F)cc(C(F)(F)F)c2)cc(C(F)(F)F)c1.[CH]1[CH]CC[CH][CH]CC1.[Ir]. The van der Waals surface area contributed by atoms with Crippen molar-refractivity contribution in [2.24, 2.45) is 28.2 Å². The van der Waals surface area contributed by atoms with Gasteiger partial charge in [-0.15, -0.1) is 0 Å². The minimum Gasteiger partial charge on any atom is -0.478 e. The Morgan fingerprint density at radius 1 is 0.440 bits per heavy atom. The van der Waals surface area contributed by atoms with Gasteiger partial charge in [0.1, 0.15) is 12.8 Å². The maximum Gasteiger partial charge on any atom is 0.416 e. The number of anilines is 1. The fourth-order valence-corrected chi connectivity index (χ4v) is 15.1. The van der Waals surface area contributed by atoms with Crippen LogP contribution in [0.1, 0.15) is 166 Å². The number of hydrogen-bond acceptors (Lipinski definition) is 4. The number of nitrogens with zero attached hydrogens (tertiary/aromatic N) is 3.